The molecule has 10 heteroatoms. The van der Waals surface area contributed by atoms with Gasteiger partial charge in [0.1, 0.15) is 23.4 Å². The van der Waals surface area contributed by atoms with Crippen LogP contribution in [-0.2, 0) is 13.1 Å². The smallest absolute Gasteiger partial charge is 0.276 e. The fraction of sp³-hybridized carbons (Fsp3) is 0.458. The van der Waals surface area contributed by atoms with Crippen LogP contribution < -0.4 is 10.7 Å². The van der Waals surface area contributed by atoms with Gasteiger partial charge in [-0.3, -0.25) is 19.3 Å². The minimum Gasteiger partial charge on any atom is -0.503 e. The van der Waals surface area contributed by atoms with Crippen LogP contribution in [0.4, 0.5) is 8.78 Å². The maximum Gasteiger partial charge on any atom is 0.276 e. The topological polar surface area (TPSA) is 94.9 Å². The zero-order valence-corrected chi connectivity index (χ0v) is 19.3. The van der Waals surface area contributed by atoms with E-state index < -0.39 is 34.6 Å². The lowest BCUT2D eigenvalue weighted by molar-refractivity contribution is -0.0366. The third-order valence-corrected chi connectivity index (χ3v) is 6.40. The Kier molecular flexibility index (Phi) is 6.44. The molecule has 2 aliphatic rings. The van der Waals surface area contributed by atoms with Crippen LogP contribution in [0.25, 0.3) is 0 Å². The Morgan fingerprint density at radius 2 is 2.00 bits per heavy atom. The van der Waals surface area contributed by atoms with Crippen molar-refractivity contribution in [1.29, 1.82) is 0 Å². The van der Waals surface area contributed by atoms with E-state index in [0.717, 1.165) is 25.6 Å². The van der Waals surface area contributed by atoms with E-state index in [2.05, 4.69) is 24.1 Å². The Morgan fingerprint density at radius 1 is 1.26 bits per heavy atom. The molecule has 0 spiro atoms. The SMILES string of the molecule is CC(C)CN1CC[C@H](C)N2C(=O)c3c(O)c(=O)c(C(=O)NCc4ccc(F)cc4F)cn3C[C@H]12. The van der Waals surface area contributed by atoms with Crippen molar-refractivity contribution in [3.63, 3.8) is 0 Å². The Morgan fingerprint density at radius 3 is 2.68 bits per heavy atom. The predicted molar refractivity (Wildman–Crippen MR) is 120 cm³/mol. The quantitative estimate of drug-likeness (QED) is 0.694. The second-order valence-corrected chi connectivity index (χ2v) is 9.36. The van der Waals surface area contributed by atoms with Crippen molar-refractivity contribution in [3.8, 4) is 5.75 Å². The summed E-state index contributed by atoms with van der Waals surface area (Å²) in [6, 6.07) is 2.91. The van der Waals surface area contributed by atoms with E-state index in [1.807, 2.05) is 6.92 Å². The number of pyridine rings is 1. The Labute approximate surface area is 195 Å². The van der Waals surface area contributed by atoms with Gasteiger partial charge in [0.05, 0.1) is 6.54 Å². The van der Waals surface area contributed by atoms with Crippen LogP contribution in [0.2, 0.25) is 0 Å². The van der Waals surface area contributed by atoms with Gasteiger partial charge in [-0.2, -0.15) is 0 Å². The third-order valence-electron chi connectivity index (χ3n) is 6.40. The van der Waals surface area contributed by atoms with Crippen LogP contribution in [0.1, 0.15) is 53.6 Å². The molecular weight excluding hydrogens is 446 g/mol. The fourth-order valence-electron chi connectivity index (χ4n) is 4.75. The number of fused-ring (bicyclic) bond motifs is 2. The maximum atomic E-state index is 13.9. The van der Waals surface area contributed by atoms with E-state index in [-0.39, 0.29) is 35.6 Å². The number of aromatic hydroxyl groups is 1. The van der Waals surface area contributed by atoms with Gasteiger partial charge in [-0.25, -0.2) is 8.78 Å². The molecule has 2 N–H and O–H groups in total. The molecular formula is C24H28F2N4O4. The monoisotopic (exact) mass is 474 g/mol. The third kappa shape index (κ3) is 4.29. The van der Waals surface area contributed by atoms with Gasteiger partial charge in [0.25, 0.3) is 11.8 Å². The summed E-state index contributed by atoms with van der Waals surface area (Å²) in [5, 5.41) is 13.0. The van der Waals surface area contributed by atoms with Crippen LogP contribution in [0.5, 0.6) is 5.75 Å². The zero-order valence-electron chi connectivity index (χ0n) is 19.3. The molecule has 182 valence electrons. The summed E-state index contributed by atoms with van der Waals surface area (Å²) in [6.45, 7) is 7.73. The summed E-state index contributed by atoms with van der Waals surface area (Å²) in [5.41, 5.74) is -1.42. The molecule has 1 aromatic carbocycles. The first-order valence-corrected chi connectivity index (χ1v) is 11.3. The summed E-state index contributed by atoms with van der Waals surface area (Å²) in [6.07, 6.45) is 1.79. The van der Waals surface area contributed by atoms with E-state index in [0.29, 0.717) is 18.5 Å². The summed E-state index contributed by atoms with van der Waals surface area (Å²) in [4.78, 5) is 42.8. The Balaban J connectivity index is 1.65. The molecule has 2 atom stereocenters. The molecule has 3 heterocycles. The average molecular weight is 475 g/mol. The summed E-state index contributed by atoms with van der Waals surface area (Å²) in [5.74, 6) is -3.25. The van der Waals surface area contributed by atoms with Gasteiger partial charge in [-0.05, 0) is 25.3 Å². The number of nitrogens with zero attached hydrogens (tertiary/aromatic N) is 3. The minimum atomic E-state index is -0.973. The fourth-order valence-corrected chi connectivity index (χ4v) is 4.75. The van der Waals surface area contributed by atoms with E-state index in [9.17, 15) is 28.3 Å². The van der Waals surface area contributed by atoms with Gasteiger partial charge >= 0.3 is 0 Å². The van der Waals surface area contributed by atoms with E-state index in [1.54, 1.807) is 4.90 Å². The number of carbonyl (C=O) groups is 2. The summed E-state index contributed by atoms with van der Waals surface area (Å²) < 4.78 is 28.5. The van der Waals surface area contributed by atoms with Crippen molar-refractivity contribution in [1.82, 2.24) is 19.7 Å². The normalized spacial score (nSPS) is 20.3. The molecule has 2 aromatic rings. The summed E-state index contributed by atoms with van der Waals surface area (Å²) in [7, 11) is 0. The number of hydrogen-bond acceptors (Lipinski definition) is 5. The lowest BCUT2D eigenvalue weighted by Crippen LogP contribution is -2.64. The Hall–Kier alpha value is -3.27. The van der Waals surface area contributed by atoms with Gasteiger partial charge in [-0.1, -0.05) is 19.9 Å². The Bertz CT molecular complexity index is 1200. The lowest BCUT2D eigenvalue weighted by atomic mass is 10.0. The molecule has 34 heavy (non-hydrogen) atoms. The van der Waals surface area contributed by atoms with Gasteiger partial charge in [-0.15, -0.1) is 0 Å². The number of benzene rings is 1. The second kappa shape index (κ2) is 9.17. The number of nitrogens with one attached hydrogen (secondary N) is 1. The number of aromatic nitrogens is 1. The van der Waals surface area contributed by atoms with E-state index >= 15 is 0 Å². The first-order valence-electron chi connectivity index (χ1n) is 11.3. The molecule has 2 aliphatic heterocycles. The number of amides is 2. The zero-order chi connectivity index (χ0) is 24.7. The number of carbonyl (C=O) groups excluding carboxylic acids is 2. The molecule has 0 bridgehead atoms. The summed E-state index contributed by atoms with van der Waals surface area (Å²) >= 11 is 0. The first-order chi connectivity index (χ1) is 16.1. The molecule has 0 unspecified atom stereocenters. The van der Waals surface area contributed by atoms with Gasteiger partial charge in [0.2, 0.25) is 5.43 Å². The number of halogens is 2. The lowest BCUT2D eigenvalue weighted by Gasteiger charge is -2.50. The van der Waals surface area contributed by atoms with Crippen LogP contribution in [0.3, 0.4) is 0 Å². The van der Waals surface area contributed by atoms with Gasteiger partial charge in [0, 0.05) is 43.5 Å². The first kappa shape index (κ1) is 23.9. The van der Waals surface area contributed by atoms with Crippen LogP contribution >= 0.6 is 0 Å². The van der Waals surface area contributed by atoms with Gasteiger partial charge in [0.15, 0.2) is 11.4 Å². The maximum absolute atomic E-state index is 13.9. The van der Waals surface area contributed by atoms with Crippen LogP contribution in [0.15, 0.2) is 29.2 Å². The largest absolute Gasteiger partial charge is 0.503 e. The highest BCUT2D eigenvalue weighted by molar-refractivity contribution is 5.99. The highest BCUT2D eigenvalue weighted by atomic mass is 19.1. The molecule has 2 amide bonds. The van der Waals surface area contributed by atoms with Crippen molar-refractivity contribution in [2.75, 3.05) is 13.1 Å². The van der Waals surface area contributed by atoms with Crippen LogP contribution in [-0.4, -0.2) is 56.6 Å². The molecule has 0 saturated carbocycles. The molecule has 8 nitrogen and oxygen atoms in total. The van der Waals surface area contributed by atoms with Crippen LogP contribution in [0, 0.1) is 17.6 Å². The highest BCUT2D eigenvalue weighted by Gasteiger charge is 2.43. The molecule has 4 rings (SSSR count). The van der Waals surface area contributed by atoms with E-state index in [1.165, 1.54) is 16.8 Å². The average Bonchev–Trinajstić information content (AvgIpc) is 2.76. The molecule has 1 fully saturated rings. The van der Waals surface area contributed by atoms with Crippen molar-refractivity contribution in [3.05, 3.63) is 63.1 Å². The van der Waals surface area contributed by atoms with Gasteiger partial charge < -0.3 is 19.9 Å². The standard InChI is InChI=1S/C24H28F2N4O4/c1-13(2)10-28-7-6-14(3)30-19(28)12-29-11-17(21(31)22(32)20(29)24(30)34)23(33)27-9-15-4-5-16(25)8-18(15)26/h4-5,8,11,13-14,19,32H,6-7,9-10,12H2,1-3H3,(H,27,33)/t14-,19+/m0/s1. The number of hydrogen-bond donors (Lipinski definition) is 2. The minimum absolute atomic E-state index is 0.0448. The molecule has 1 saturated heterocycles. The molecule has 0 radical (unpaired) electrons. The second-order valence-electron chi connectivity index (χ2n) is 9.36. The predicted octanol–water partition coefficient (Wildman–Crippen LogP) is 2.29. The van der Waals surface area contributed by atoms with Crippen molar-refractivity contribution >= 4 is 11.8 Å². The highest BCUT2D eigenvalue weighted by Crippen LogP contribution is 2.31. The van der Waals surface area contributed by atoms with Crippen molar-refractivity contribution in [2.45, 2.75) is 52.5 Å². The van der Waals surface area contributed by atoms with Crippen molar-refractivity contribution < 1.29 is 23.5 Å². The van der Waals surface area contributed by atoms with Crippen molar-refractivity contribution in [2.24, 2.45) is 5.92 Å². The molecule has 0 aliphatic carbocycles. The molecule has 1 aromatic heterocycles. The number of rotatable bonds is 5. The van der Waals surface area contributed by atoms with E-state index in [4.69, 9.17) is 0 Å².